The van der Waals surface area contributed by atoms with Crippen molar-refractivity contribution in [3.63, 3.8) is 0 Å². The second-order valence-electron chi connectivity index (χ2n) is 4.21. The van der Waals surface area contributed by atoms with E-state index < -0.39 is 0 Å². The van der Waals surface area contributed by atoms with Gasteiger partial charge in [0.25, 0.3) is 0 Å². The maximum atomic E-state index is 8.74. The fourth-order valence-electron chi connectivity index (χ4n) is 1.90. The maximum Gasteiger partial charge on any atom is 0.244 e. The Labute approximate surface area is 95.1 Å². The zero-order chi connectivity index (χ0) is 11.4. The molecule has 2 heterocycles. The highest BCUT2D eigenvalue weighted by atomic mass is 16.2. The summed E-state index contributed by atoms with van der Waals surface area (Å²) in [5.41, 5.74) is 0. The number of piperazine rings is 1. The molecule has 0 radical (unpaired) electrons. The number of hydrogen-bond donors (Lipinski definition) is 3. The first-order valence-corrected chi connectivity index (χ1v) is 5.80. The Kier molecular flexibility index (Phi) is 3.74. The summed E-state index contributed by atoms with van der Waals surface area (Å²) in [7, 11) is 0. The molecular weight excluding hydrogens is 206 g/mol. The molecule has 1 saturated heterocycles. The lowest BCUT2D eigenvalue weighted by Crippen LogP contribution is -2.49. The predicted octanol–water partition coefficient (Wildman–Crippen LogP) is -0.472. The summed E-state index contributed by atoms with van der Waals surface area (Å²) >= 11 is 0. The molecule has 0 aliphatic carbocycles. The summed E-state index contributed by atoms with van der Waals surface area (Å²) in [4.78, 5) is 6.61. The van der Waals surface area contributed by atoms with Gasteiger partial charge in [-0.15, -0.1) is 5.10 Å². The minimum Gasteiger partial charge on any atom is -0.396 e. The zero-order valence-electron chi connectivity index (χ0n) is 9.61. The average molecular weight is 225 g/mol. The van der Waals surface area contributed by atoms with Gasteiger partial charge in [-0.25, -0.2) is 0 Å². The molecule has 1 fully saturated rings. The van der Waals surface area contributed by atoms with Gasteiger partial charge >= 0.3 is 0 Å². The molecule has 1 aliphatic rings. The van der Waals surface area contributed by atoms with Crippen molar-refractivity contribution in [2.45, 2.75) is 25.8 Å². The summed E-state index contributed by atoms with van der Waals surface area (Å²) in [5.74, 6) is 1.64. The van der Waals surface area contributed by atoms with Crippen LogP contribution in [-0.4, -0.2) is 52.6 Å². The highest BCUT2D eigenvalue weighted by molar-refractivity contribution is 5.30. The van der Waals surface area contributed by atoms with Gasteiger partial charge in [-0.2, -0.15) is 4.98 Å². The van der Waals surface area contributed by atoms with E-state index in [1.54, 1.807) is 0 Å². The van der Waals surface area contributed by atoms with E-state index in [1.807, 2.05) is 0 Å². The molecule has 1 atom stereocenters. The molecule has 6 nitrogen and oxygen atoms in total. The fourth-order valence-corrected chi connectivity index (χ4v) is 1.90. The van der Waals surface area contributed by atoms with Crippen LogP contribution in [0.1, 0.15) is 19.2 Å². The highest BCUT2D eigenvalue weighted by Crippen LogP contribution is 2.10. The van der Waals surface area contributed by atoms with Crippen LogP contribution in [0, 0.1) is 0 Å². The monoisotopic (exact) mass is 225 g/mol. The Balaban J connectivity index is 1.95. The quantitative estimate of drug-likeness (QED) is 0.645. The Hall–Kier alpha value is -1.14. The fraction of sp³-hybridized carbons (Fsp3) is 0.800. The molecule has 0 bridgehead atoms. The second kappa shape index (κ2) is 5.27. The molecule has 1 aromatic rings. The molecule has 0 saturated carbocycles. The number of nitrogens with one attached hydrogen (secondary N) is 2. The molecule has 0 amide bonds. The summed E-state index contributed by atoms with van der Waals surface area (Å²) in [6.45, 7) is 5.22. The molecule has 1 aromatic heterocycles. The molecule has 3 N–H and O–H groups in total. The van der Waals surface area contributed by atoms with Crippen LogP contribution in [0.5, 0.6) is 0 Å². The van der Waals surface area contributed by atoms with Crippen LogP contribution in [0.4, 0.5) is 5.95 Å². The first-order valence-electron chi connectivity index (χ1n) is 5.80. The lowest BCUT2D eigenvalue weighted by molar-refractivity contribution is 0.287. The highest BCUT2D eigenvalue weighted by Gasteiger charge is 2.18. The first kappa shape index (κ1) is 11.3. The lowest BCUT2D eigenvalue weighted by Gasteiger charge is -2.30. The first-order chi connectivity index (χ1) is 7.79. The van der Waals surface area contributed by atoms with Gasteiger partial charge in [0.15, 0.2) is 0 Å². The molecule has 90 valence electrons. The van der Waals surface area contributed by atoms with E-state index in [-0.39, 0.29) is 6.61 Å². The van der Waals surface area contributed by atoms with Crippen molar-refractivity contribution in [2.24, 2.45) is 0 Å². The third-order valence-corrected chi connectivity index (χ3v) is 2.74. The van der Waals surface area contributed by atoms with Gasteiger partial charge in [0.1, 0.15) is 5.82 Å². The zero-order valence-corrected chi connectivity index (χ0v) is 9.61. The number of hydrogen-bond acceptors (Lipinski definition) is 5. The van der Waals surface area contributed by atoms with Gasteiger partial charge in [0, 0.05) is 38.7 Å². The molecule has 6 heteroatoms. The summed E-state index contributed by atoms with van der Waals surface area (Å²) in [6, 6.07) is 0.480. The summed E-state index contributed by atoms with van der Waals surface area (Å²) in [5, 5.41) is 19.2. The van der Waals surface area contributed by atoms with Gasteiger partial charge in [-0.1, -0.05) is 0 Å². The SMILES string of the molecule is C[C@H]1CN(c2n[nH]c(CCCO)n2)CCN1. The Morgan fingerprint density at radius 1 is 1.56 bits per heavy atom. The molecular formula is C10H19N5O. The van der Waals surface area contributed by atoms with E-state index in [1.165, 1.54) is 0 Å². The number of aryl methyl sites for hydroxylation is 1. The smallest absolute Gasteiger partial charge is 0.244 e. The minimum atomic E-state index is 0.195. The predicted molar refractivity (Wildman–Crippen MR) is 61.5 cm³/mol. The van der Waals surface area contributed by atoms with E-state index >= 15 is 0 Å². The van der Waals surface area contributed by atoms with E-state index in [4.69, 9.17) is 5.11 Å². The average Bonchev–Trinajstić information content (AvgIpc) is 2.75. The van der Waals surface area contributed by atoms with E-state index in [2.05, 4.69) is 32.3 Å². The minimum absolute atomic E-state index is 0.195. The standard InChI is InChI=1S/C10H19N5O/c1-8-7-15(5-4-11-8)10-12-9(13-14-10)3-2-6-16/h8,11,16H,2-7H2,1H3,(H,12,13,14)/t8-/m0/s1. The number of aromatic amines is 1. The van der Waals surface area contributed by atoms with Crippen molar-refractivity contribution >= 4 is 5.95 Å². The number of aliphatic hydroxyl groups is 1. The van der Waals surface area contributed by atoms with Gasteiger partial charge in [0.05, 0.1) is 0 Å². The van der Waals surface area contributed by atoms with Crippen LogP contribution < -0.4 is 10.2 Å². The third-order valence-electron chi connectivity index (χ3n) is 2.74. The number of aliphatic hydroxyl groups excluding tert-OH is 1. The van der Waals surface area contributed by atoms with Crippen molar-refractivity contribution in [1.29, 1.82) is 0 Å². The number of H-pyrrole nitrogens is 1. The van der Waals surface area contributed by atoms with E-state index in [0.29, 0.717) is 6.04 Å². The van der Waals surface area contributed by atoms with Crippen LogP contribution in [-0.2, 0) is 6.42 Å². The second-order valence-corrected chi connectivity index (χ2v) is 4.21. The molecule has 0 unspecified atom stereocenters. The van der Waals surface area contributed by atoms with Gasteiger partial charge in [-0.05, 0) is 13.3 Å². The van der Waals surface area contributed by atoms with Crippen LogP contribution in [0.25, 0.3) is 0 Å². The van der Waals surface area contributed by atoms with E-state index in [9.17, 15) is 0 Å². The lowest BCUT2D eigenvalue weighted by atomic mass is 10.2. The topological polar surface area (TPSA) is 77.1 Å². The largest absolute Gasteiger partial charge is 0.396 e. The Morgan fingerprint density at radius 3 is 3.19 bits per heavy atom. The normalized spacial score (nSPS) is 21.4. The Bertz CT molecular complexity index is 327. The molecule has 0 aromatic carbocycles. The van der Waals surface area contributed by atoms with Crippen molar-refractivity contribution < 1.29 is 5.11 Å². The third kappa shape index (κ3) is 2.70. The number of nitrogens with zero attached hydrogens (tertiary/aromatic N) is 3. The van der Waals surface area contributed by atoms with Gasteiger partial charge in [0.2, 0.25) is 5.95 Å². The van der Waals surface area contributed by atoms with Crippen molar-refractivity contribution in [3.8, 4) is 0 Å². The van der Waals surface area contributed by atoms with Crippen LogP contribution in [0.2, 0.25) is 0 Å². The molecule has 2 rings (SSSR count). The molecule has 0 spiro atoms. The maximum absolute atomic E-state index is 8.74. The van der Waals surface area contributed by atoms with E-state index in [0.717, 1.165) is 44.2 Å². The van der Waals surface area contributed by atoms with Crippen LogP contribution in [0.3, 0.4) is 0 Å². The van der Waals surface area contributed by atoms with Gasteiger partial charge < -0.3 is 15.3 Å². The van der Waals surface area contributed by atoms with Crippen LogP contribution >= 0.6 is 0 Å². The Morgan fingerprint density at radius 2 is 2.44 bits per heavy atom. The number of aromatic nitrogens is 3. The van der Waals surface area contributed by atoms with Crippen molar-refractivity contribution in [2.75, 3.05) is 31.1 Å². The molecule has 16 heavy (non-hydrogen) atoms. The number of anilines is 1. The molecule has 1 aliphatic heterocycles. The van der Waals surface area contributed by atoms with Crippen molar-refractivity contribution in [1.82, 2.24) is 20.5 Å². The summed E-state index contributed by atoms with van der Waals surface area (Å²) in [6.07, 6.45) is 1.48. The van der Waals surface area contributed by atoms with Crippen molar-refractivity contribution in [3.05, 3.63) is 5.82 Å². The number of rotatable bonds is 4. The van der Waals surface area contributed by atoms with Crippen LogP contribution in [0.15, 0.2) is 0 Å². The summed E-state index contributed by atoms with van der Waals surface area (Å²) < 4.78 is 0. The van der Waals surface area contributed by atoms with Gasteiger partial charge in [-0.3, -0.25) is 5.10 Å².